The molecule has 6 heterocycles. The number of rotatable bonds is 12. The van der Waals surface area contributed by atoms with Gasteiger partial charge in [0.05, 0.1) is 38.6 Å². The van der Waals surface area contributed by atoms with Gasteiger partial charge in [0, 0.05) is 67.6 Å². The van der Waals surface area contributed by atoms with E-state index in [0.29, 0.717) is 60.5 Å². The van der Waals surface area contributed by atoms with Gasteiger partial charge in [0.1, 0.15) is 5.82 Å². The summed E-state index contributed by atoms with van der Waals surface area (Å²) >= 11 is 1.42. The lowest BCUT2D eigenvalue weighted by atomic mass is 9.88. The first-order chi connectivity index (χ1) is 30.7. The SMILES string of the molecule is CCCS(=O)(=O)Nc1cccc(-c2nc(C(C)(C)C)sc2-c2ccnc(Nc3ccc(C4CCN(C(=O)C5CCN(c6ccc([C@H]7CCC(=O)NC7=O)cn6)CC5)CC4)cc3)n2)c1F. The number of hydrogen-bond acceptors (Lipinski definition) is 12. The summed E-state index contributed by atoms with van der Waals surface area (Å²) in [4.78, 5) is 61.2. The molecule has 0 unspecified atom stereocenters. The van der Waals surface area contributed by atoms with Crippen molar-refractivity contribution in [2.24, 2.45) is 5.92 Å². The number of aromatic nitrogens is 4. The van der Waals surface area contributed by atoms with E-state index in [2.05, 4.69) is 42.4 Å². The Kier molecular flexibility index (Phi) is 13.1. The van der Waals surface area contributed by atoms with Crippen LogP contribution < -0.4 is 20.3 Å². The molecular weight excluding hydrogens is 854 g/mol. The molecule has 3 aliphatic heterocycles. The predicted octanol–water partition coefficient (Wildman–Crippen LogP) is 8.14. The van der Waals surface area contributed by atoms with Crippen LogP contribution in [0.1, 0.15) is 101 Å². The number of likely N-dealkylation sites (tertiary alicyclic amines) is 1. The summed E-state index contributed by atoms with van der Waals surface area (Å²) in [6, 6.07) is 18.5. The van der Waals surface area contributed by atoms with Gasteiger partial charge in [-0.15, -0.1) is 11.3 Å². The average Bonchev–Trinajstić information content (AvgIpc) is 3.74. The van der Waals surface area contributed by atoms with Gasteiger partial charge in [-0.3, -0.25) is 24.4 Å². The molecule has 3 N–H and O–H groups in total. The fraction of sp³-hybridized carbons (Fsp3) is 0.426. The molecule has 5 aromatic rings. The largest absolute Gasteiger partial charge is 0.357 e. The van der Waals surface area contributed by atoms with E-state index in [1.807, 2.05) is 49.9 Å². The van der Waals surface area contributed by atoms with Crippen molar-refractivity contribution in [1.29, 1.82) is 0 Å². The number of nitrogens with one attached hydrogen (secondary N) is 3. The third-order valence-electron chi connectivity index (χ3n) is 12.2. The molecule has 8 rings (SSSR count). The van der Waals surface area contributed by atoms with Gasteiger partial charge in [-0.05, 0) is 92.0 Å². The molecule has 3 amide bonds. The molecule has 3 aliphatic rings. The van der Waals surface area contributed by atoms with Crippen molar-refractivity contribution in [2.45, 2.75) is 89.9 Å². The summed E-state index contributed by atoms with van der Waals surface area (Å²) in [6.07, 6.45) is 7.88. The second-order valence-electron chi connectivity index (χ2n) is 17.9. The number of nitrogens with zero attached hydrogens (tertiary/aromatic N) is 6. The van der Waals surface area contributed by atoms with Crippen molar-refractivity contribution in [3.05, 3.63) is 95.0 Å². The molecule has 0 radical (unpaired) electrons. The molecular formula is C47H54FN9O5S2. The smallest absolute Gasteiger partial charge is 0.234 e. The second kappa shape index (κ2) is 18.7. The van der Waals surface area contributed by atoms with Gasteiger partial charge < -0.3 is 15.1 Å². The zero-order valence-electron chi connectivity index (χ0n) is 36.6. The molecule has 14 nitrogen and oxygen atoms in total. The Morgan fingerprint density at radius 1 is 0.906 bits per heavy atom. The highest BCUT2D eigenvalue weighted by atomic mass is 32.2. The number of amides is 3. The van der Waals surface area contributed by atoms with Crippen LogP contribution in [0.15, 0.2) is 73.1 Å². The molecule has 3 aromatic heterocycles. The van der Waals surface area contributed by atoms with Crippen LogP contribution in [-0.2, 0) is 29.8 Å². The highest BCUT2D eigenvalue weighted by Gasteiger charge is 2.33. The second-order valence-corrected chi connectivity index (χ2v) is 20.7. The Morgan fingerprint density at radius 2 is 1.64 bits per heavy atom. The maximum absolute atomic E-state index is 16.1. The highest BCUT2D eigenvalue weighted by Crippen LogP contribution is 2.42. The molecule has 17 heteroatoms. The Morgan fingerprint density at radius 3 is 2.31 bits per heavy atom. The van der Waals surface area contributed by atoms with Crippen LogP contribution in [0.25, 0.3) is 21.8 Å². The van der Waals surface area contributed by atoms with E-state index in [1.54, 1.807) is 37.5 Å². The number of halogens is 1. The van der Waals surface area contributed by atoms with Crippen molar-refractivity contribution in [3.63, 3.8) is 0 Å². The van der Waals surface area contributed by atoms with Crippen molar-refractivity contribution < 1.29 is 27.2 Å². The van der Waals surface area contributed by atoms with Gasteiger partial charge in [-0.25, -0.2) is 32.7 Å². The van der Waals surface area contributed by atoms with Crippen molar-refractivity contribution in [2.75, 3.05) is 46.9 Å². The molecule has 64 heavy (non-hydrogen) atoms. The minimum Gasteiger partial charge on any atom is -0.357 e. The molecule has 3 saturated heterocycles. The first kappa shape index (κ1) is 44.8. The Balaban J connectivity index is 0.865. The summed E-state index contributed by atoms with van der Waals surface area (Å²) in [5.74, 6) is 0.0499. The molecule has 3 fully saturated rings. The molecule has 1 atom stereocenters. The zero-order chi connectivity index (χ0) is 45.2. The molecule has 336 valence electrons. The van der Waals surface area contributed by atoms with Crippen LogP contribution in [0.2, 0.25) is 0 Å². The number of thiazole rings is 1. The fourth-order valence-corrected chi connectivity index (χ4v) is 10.9. The molecule has 0 saturated carbocycles. The van der Waals surface area contributed by atoms with Gasteiger partial charge >= 0.3 is 0 Å². The van der Waals surface area contributed by atoms with Crippen LogP contribution in [0, 0.1) is 11.7 Å². The van der Waals surface area contributed by atoms with E-state index in [9.17, 15) is 22.8 Å². The number of sulfonamides is 1. The summed E-state index contributed by atoms with van der Waals surface area (Å²) in [7, 11) is -3.72. The van der Waals surface area contributed by atoms with E-state index in [-0.39, 0.29) is 52.0 Å². The Bertz CT molecular complexity index is 2620. The lowest BCUT2D eigenvalue weighted by Gasteiger charge is -2.37. The third kappa shape index (κ3) is 10.1. The van der Waals surface area contributed by atoms with Crippen LogP contribution in [0.5, 0.6) is 0 Å². The van der Waals surface area contributed by atoms with Gasteiger partial charge in [-0.2, -0.15) is 0 Å². The summed E-state index contributed by atoms with van der Waals surface area (Å²) in [5.41, 5.74) is 3.45. The minimum absolute atomic E-state index is 0.0176. The molecule has 2 aromatic carbocycles. The molecule has 0 bridgehead atoms. The number of pyridine rings is 1. The highest BCUT2D eigenvalue weighted by molar-refractivity contribution is 7.92. The predicted molar refractivity (Wildman–Crippen MR) is 248 cm³/mol. The van der Waals surface area contributed by atoms with Crippen LogP contribution in [0.4, 0.5) is 27.5 Å². The van der Waals surface area contributed by atoms with E-state index in [4.69, 9.17) is 9.97 Å². The summed E-state index contributed by atoms with van der Waals surface area (Å²) in [5, 5.41) is 6.51. The van der Waals surface area contributed by atoms with Crippen LogP contribution >= 0.6 is 11.3 Å². The Hall–Kier alpha value is -5.81. The van der Waals surface area contributed by atoms with Gasteiger partial charge in [0.15, 0.2) is 5.82 Å². The normalized spacial score (nSPS) is 17.9. The number of imide groups is 1. The standard InChI is InChI=1S/C47H54FN9O5S2/c1-5-27-64(61,62)55-36-8-6-7-35(40(36)48)41-42(63-45(54-41)47(2,3)4)37-17-22-49-46(52-37)51-33-12-9-29(10-13-33)30-18-25-57(26-19-30)44(60)31-20-23-56(24-21-31)38-15-11-32(28-50-38)34-14-16-39(58)53-43(34)59/h6-13,15,17,22,28,30-31,34,55H,5,14,16,18-21,23-27H2,1-4H3,(H,49,51,52)(H,53,58,59)/t34-/m1/s1. The number of hydrogen-bond donors (Lipinski definition) is 3. The van der Waals surface area contributed by atoms with Gasteiger partial charge in [0.25, 0.3) is 0 Å². The van der Waals surface area contributed by atoms with Crippen molar-refractivity contribution >= 4 is 62.2 Å². The number of carbonyl (C=O) groups is 3. The zero-order valence-corrected chi connectivity index (χ0v) is 38.2. The fourth-order valence-electron chi connectivity index (χ4n) is 8.64. The molecule has 0 aliphatic carbocycles. The van der Waals surface area contributed by atoms with Crippen molar-refractivity contribution in [1.82, 2.24) is 30.2 Å². The first-order valence-corrected chi connectivity index (χ1v) is 24.5. The maximum atomic E-state index is 16.1. The topological polar surface area (TPSA) is 179 Å². The monoisotopic (exact) mass is 907 g/mol. The number of anilines is 4. The van der Waals surface area contributed by atoms with Crippen molar-refractivity contribution in [3.8, 4) is 21.8 Å². The summed E-state index contributed by atoms with van der Waals surface area (Å²) in [6.45, 7) is 10.8. The van der Waals surface area contributed by atoms with Gasteiger partial charge in [-0.1, -0.05) is 52.0 Å². The Labute approximate surface area is 377 Å². The summed E-state index contributed by atoms with van der Waals surface area (Å²) < 4.78 is 43.5. The van der Waals surface area contributed by atoms with E-state index in [0.717, 1.165) is 60.8 Å². The maximum Gasteiger partial charge on any atom is 0.234 e. The van der Waals surface area contributed by atoms with E-state index < -0.39 is 15.8 Å². The molecule has 0 spiro atoms. The third-order valence-corrected chi connectivity index (χ3v) is 15.2. The van der Waals surface area contributed by atoms with Crippen LogP contribution in [-0.4, -0.2) is 82.9 Å². The van der Waals surface area contributed by atoms with Crippen LogP contribution in [0.3, 0.4) is 0 Å². The van der Waals surface area contributed by atoms with E-state index >= 15 is 4.39 Å². The van der Waals surface area contributed by atoms with Gasteiger partial charge in [0.2, 0.25) is 33.7 Å². The lowest BCUT2D eigenvalue weighted by Crippen LogP contribution is -2.45. The average molecular weight is 908 g/mol. The van der Waals surface area contributed by atoms with E-state index in [1.165, 1.54) is 23.0 Å². The lowest BCUT2D eigenvalue weighted by molar-refractivity contribution is -0.137. The number of piperidine rings is 3. The number of carbonyl (C=O) groups excluding carboxylic acids is 3. The number of benzene rings is 2. The first-order valence-electron chi connectivity index (χ1n) is 22.0. The quantitative estimate of drug-likeness (QED) is 0.103. The minimum atomic E-state index is -3.72.